The summed E-state index contributed by atoms with van der Waals surface area (Å²) in [5.41, 5.74) is 5.24. The van der Waals surface area contributed by atoms with Crippen molar-refractivity contribution in [2.75, 3.05) is 0 Å². The van der Waals surface area contributed by atoms with Gasteiger partial charge in [-0.1, -0.05) is 33.3 Å². The van der Waals surface area contributed by atoms with Gasteiger partial charge in [0.25, 0.3) is 0 Å². The summed E-state index contributed by atoms with van der Waals surface area (Å²) in [6.07, 6.45) is 7.50. The quantitative estimate of drug-likeness (QED) is 0.584. The van der Waals surface area contributed by atoms with Gasteiger partial charge < -0.3 is 20.6 Å². The number of carbonyl (C=O) groups excluding carboxylic acids is 2. The van der Waals surface area contributed by atoms with Gasteiger partial charge in [0.15, 0.2) is 0 Å². The number of hydrogen-bond donors (Lipinski definition) is 3. The molecule has 32 heavy (non-hydrogen) atoms. The zero-order valence-corrected chi connectivity index (χ0v) is 20.0. The fraction of sp³-hybridized carbons (Fsp3) is 0.625. The fourth-order valence-electron chi connectivity index (χ4n) is 5.09. The molecule has 1 aromatic heterocycles. The van der Waals surface area contributed by atoms with Crippen LogP contribution in [0.15, 0.2) is 34.6 Å². The zero-order valence-electron chi connectivity index (χ0n) is 19.1. The molecule has 0 spiro atoms. The molecule has 7 nitrogen and oxygen atoms in total. The molecular weight excluding hydrogens is 424 g/mol. The number of hydrogen-bond acceptors (Lipinski definition) is 6. The van der Waals surface area contributed by atoms with Gasteiger partial charge >= 0.3 is 0 Å². The number of amides is 2. The highest BCUT2D eigenvalue weighted by molar-refractivity contribution is 7.09. The Balaban J connectivity index is 1.55. The van der Waals surface area contributed by atoms with E-state index in [9.17, 15) is 14.7 Å². The molecule has 0 saturated carbocycles. The third-order valence-electron chi connectivity index (χ3n) is 6.90. The minimum absolute atomic E-state index is 0.0298. The molecule has 4 rings (SSSR count). The minimum atomic E-state index is -0.929. The first-order valence-corrected chi connectivity index (χ1v) is 12.6. The summed E-state index contributed by atoms with van der Waals surface area (Å²) < 4.78 is 0. The summed E-state index contributed by atoms with van der Waals surface area (Å²) in [5.74, 6) is 0.589. The van der Waals surface area contributed by atoms with E-state index in [0.29, 0.717) is 37.6 Å². The summed E-state index contributed by atoms with van der Waals surface area (Å²) in [7, 11) is 0. The van der Waals surface area contributed by atoms with Gasteiger partial charge in [0.2, 0.25) is 11.8 Å². The molecule has 1 fully saturated rings. The van der Waals surface area contributed by atoms with Crippen LogP contribution < -0.4 is 10.6 Å². The maximum absolute atomic E-state index is 13.2. The largest absolute Gasteiger partial charge is 0.371 e. The average Bonchev–Trinajstić information content (AvgIpc) is 3.38. The van der Waals surface area contributed by atoms with Crippen molar-refractivity contribution in [2.24, 2.45) is 11.8 Å². The monoisotopic (exact) mass is 458 g/mol. The van der Waals surface area contributed by atoms with Crippen molar-refractivity contribution in [3.05, 3.63) is 39.5 Å². The van der Waals surface area contributed by atoms with Crippen LogP contribution >= 0.6 is 11.3 Å². The van der Waals surface area contributed by atoms with Gasteiger partial charge in [-0.25, -0.2) is 0 Å². The third-order valence-corrected chi connectivity index (χ3v) is 7.68. The summed E-state index contributed by atoms with van der Waals surface area (Å²) in [6, 6.07) is -0.879. The Morgan fingerprint density at radius 3 is 2.91 bits per heavy atom. The normalized spacial score (nSPS) is 28.0. The van der Waals surface area contributed by atoms with Crippen molar-refractivity contribution < 1.29 is 14.7 Å². The van der Waals surface area contributed by atoms with Crippen molar-refractivity contribution in [1.82, 2.24) is 20.5 Å². The second-order valence-electron chi connectivity index (χ2n) is 9.48. The van der Waals surface area contributed by atoms with E-state index in [0.717, 1.165) is 35.4 Å². The van der Waals surface area contributed by atoms with Gasteiger partial charge in [-0.05, 0) is 42.2 Å². The van der Waals surface area contributed by atoms with E-state index < -0.39 is 18.3 Å². The van der Waals surface area contributed by atoms with Crippen LogP contribution in [-0.2, 0) is 16.1 Å². The van der Waals surface area contributed by atoms with Gasteiger partial charge in [0.1, 0.15) is 12.3 Å². The van der Waals surface area contributed by atoms with Crippen molar-refractivity contribution in [3.63, 3.8) is 0 Å². The van der Waals surface area contributed by atoms with E-state index >= 15 is 0 Å². The molecule has 1 aliphatic carbocycles. The number of aliphatic hydroxyl groups excluding tert-OH is 1. The van der Waals surface area contributed by atoms with Gasteiger partial charge in [-0.15, -0.1) is 11.3 Å². The van der Waals surface area contributed by atoms with Crippen LogP contribution in [0.4, 0.5) is 0 Å². The first kappa shape index (κ1) is 23.0. The number of aromatic nitrogens is 1. The predicted octanol–water partition coefficient (Wildman–Crippen LogP) is 3.09. The molecule has 3 heterocycles. The van der Waals surface area contributed by atoms with Gasteiger partial charge in [0, 0.05) is 29.6 Å². The maximum atomic E-state index is 13.2. The summed E-state index contributed by atoms with van der Waals surface area (Å²) >= 11 is 1.51. The molecule has 3 aliphatic rings. The lowest BCUT2D eigenvalue weighted by molar-refractivity contribution is -0.130. The molecular formula is C24H34N4O3S. The first-order valence-electron chi connectivity index (χ1n) is 11.7. The van der Waals surface area contributed by atoms with Crippen molar-refractivity contribution >= 4 is 23.2 Å². The van der Waals surface area contributed by atoms with Crippen LogP contribution in [-0.4, -0.2) is 45.1 Å². The Bertz CT molecular complexity index is 910. The van der Waals surface area contributed by atoms with E-state index in [1.807, 2.05) is 4.90 Å². The SMILES string of the molecule is CCC(C)CC(=O)NC1CCC2=C3C(=CC(C)C2)CC(C(=O)NCc2cncs2)N3C1O. The average molecular weight is 459 g/mol. The molecule has 5 unspecified atom stereocenters. The van der Waals surface area contributed by atoms with Crippen LogP contribution in [0.1, 0.15) is 64.2 Å². The standard InChI is InChI=1S/C24H34N4O3S/c1-4-14(2)9-21(29)27-19-6-5-16-7-15(3)8-17-10-20(28(22(16)17)24(19)31)23(30)26-12-18-11-25-13-32-18/h8,11,13-15,19-20,24,31H,4-7,9-10,12H2,1-3H3,(H,26,30)(H,27,29). The highest BCUT2D eigenvalue weighted by atomic mass is 32.1. The second kappa shape index (κ2) is 9.75. The molecule has 0 bridgehead atoms. The lowest BCUT2D eigenvalue weighted by atomic mass is 9.87. The lowest BCUT2D eigenvalue weighted by Gasteiger charge is -2.35. The Morgan fingerprint density at radius 1 is 1.38 bits per heavy atom. The number of nitrogens with one attached hydrogen (secondary N) is 2. The lowest BCUT2D eigenvalue weighted by Crippen LogP contribution is -2.55. The van der Waals surface area contributed by atoms with Crippen LogP contribution in [0.25, 0.3) is 0 Å². The van der Waals surface area contributed by atoms with E-state index in [1.54, 1.807) is 11.7 Å². The van der Waals surface area contributed by atoms with Gasteiger partial charge in [-0.3, -0.25) is 14.6 Å². The number of carbonyl (C=O) groups is 2. The molecule has 2 amide bonds. The number of allylic oxidation sites excluding steroid dienone is 3. The topological polar surface area (TPSA) is 94.6 Å². The number of nitrogens with zero attached hydrogens (tertiary/aromatic N) is 2. The minimum Gasteiger partial charge on any atom is -0.371 e. The van der Waals surface area contributed by atoms with Crippen molar-refractivity contribution in [3.8, 4) is 0 Å². The maximum Gasteiger partial charge on any atom is 0.243 e. The number of rotatable bonds is 7. The molecule has 1 saturated heterocycles. The summed E-state index contributed by atoms with van der Waals surface area (Å²) in [4.78, 5) is 32.8. The predicted molar refractivity (Wildman–Crippen MR) is 124 cm³/mol. The van der Waals surface area contributed by atoms with Crippen LogP contribution in [0.2, 0.25) is 0 Å². The highest BCUT2D eigenvalue weighted by Gasteiger charge is 2.46. The zero-order chi connectivity index (χ0) is 22.8. The highest BCUT2D eigenvalue weighted by Crippen LogP contribution is 2.45. The Labute approximate surface area is 194 Å². The van der Waals surface area contributed by atoms with E-state index in [1.165, 1.54) is 16.9 Å². The smallest absolute Gasteiger partial charge is 0.243 e. The Morgan fingerprint density at radius 2 is 2.19 bits per heavy atom. The number of aliphatic hydroxyl groups is 1. The summed E-state index contributed by atoms with van der Waals surface area (Å²) in [5, 5.41) is 17.5. The van der Waals surface area contributed by atoms with Crippen LogP contribution in [0, 0.1) is 11.8 Å². The molecule has 5 atom stereocenters. The molecule has 0 radical (unpaired) electrons. The molecule has 1 aromatic rings. The third kappa shape index (κ3) is 4.76. The van der Waals surface area contributed by atoms with Gasteiger partial charge in [-0.2, -0.15) is 0 Å². The van der Waals surface area contributed by atoms with Crippen molar-refractivity contribution in [1.29, 1.82) is 0 Å². The molecule has 2 aliphatic heterocycles. The van der Waals surface area contributed by atoms with E-state index in [4.69, 9.17) is 0 Å². The Kier molecular flexibility index (Phi) is 7.00. The van der Waals surface area contributed by atoms with Crippen molar-refractivity contribution in [2.45, 2.75) is 84.2 Å². The van der Waals surface area contributed by atoms with Crippen LogP contribution in [0.5, 0.6) is 0 Å². The number of thiazole rings is 1. The molecule has 0 aromatic carbocycles. The second-order valence-corrected chi connectivity index (χ2v) is 10.5. The molecule has 3 N–H and O–H groups in total. The van der Waals surface area contributed by atoms with E-state index in [-0.39, 0.29) is 11.8 Å². The first-order chi connectivity index (χ1) is 15.4. The molecule has 174 valence electrons. The molecule has 8 heteroatoms. The fourth-order valence-corrected chi connectivity index (χ4v) is 5.63. The van der Waals surface area contributed by atoms with E-state index in [2.05, 4.69) is 42.5 Å². The van der Waals surface area contributed by atoms with Gasteiger partial charge in [0.05, 0.1) is 18.1 Å². The Hall–Kier alpha value is -2.19. The summed E-state index contributed by atoms with van der Waals surface area (Å²) in [6.45, 7) is 6.77. The van der Waals surface area contributed by atoms with Crippen LogP contribution in [0.3, 0.4) is 0 Å².